The largest absolute Gasteiger partial charge is 0.507 e. The number of hydrogen-bond acceptors (Lipinski definition) is 3. The normalized spacial score (nSPS) is 13.1. The van der Waals surface area contributed by atoms with Crippen LogP contribution in [0.15, 0.2) is 18.2 Å². The Bertz CT molecular complexity index is 463. The number of hydrogen-bond donors (Lipinski definition) is 3. The first-order valence-corrected chi connectivity index (χ1v) is 6.97. The monoisotopic (exact) mass is 279 g/mol. The minimum atomic E-state index is -0.140. The molecule has 112 valence electrons. The molecule has 0 aliphatic rings. The Balaban J connectivity index is 2.89. The van der Waals surface area contributed by atoms with Crippen LogP contribution >= 0.6 is 0 Å². The molecule has 4 heteroatoms. The molecule has 0 saturated heterocycles. The van der Waals surface area contributed by atoms with E-state index >= 15 is 0 Å². The van der Waals surface area contributed by atoms with Gasteiger partial charge in [0.05, 0.1) is 6.61 Å². The summed E-state index contributed by atoms with van der Waals surface area (Å²) in [5.41, 5.74) is 1.54. The lowest BCUT2D eigenvalue weighted by atomic mass is 9.83. The minimum Gasteiger partial charge on any atom is -0.507 e. The standard InChI is InChI=1S/C16H25NO3/c1-11(10-14(19)17-8-9-18)12-6-5-7-13(15(12)20)16(2,3)4/h5-7,11,18,20H,8-10H2,1-4H3,(H,17,19). The molecule has 1 aromatic rings. The Morgan fingerprint density at radius 3 is 2.55 bits per heavy atom. The van der Waals surface area contributed by atoms with Gasteiger partial charge in [-0.2, -0.15) is 0 Å². The highest BCUT2D eigenvalue weighted by atomic mass is 16.3. The number of aliphatic hydroxyl groups is 1. The van der Waals surface area contributed by atoms with E-state index in [1.807, 2.05) is 45.9 Å². The number of para-hydroxylation sites is 1. The summed E-state index contributed by atoms with van der Waals surface area (Å²) in [5, 5.41) is 21.7. The number of aromatic hydroxyl groups is 1. The van der Waals surface area contributed by atoms with Gasteiger partial charge in [-0.3, -0.25) is 4.79 Å². The highest BCUT2D eigenvalue weighted by Gasteiger charge is 2.22. The van der Waals surface area contributed by atoms with Gasteiger partial charge in [-0.1, -0.05) is 45.9 Å². The van der Waals surface area contributed by atoms with Crippen LogP contribution in [0.4, 0.5) is 0 Å². The highest BCUT2D eigenvalue weighted by Crippen LogP contribution is 2.37. The zero-order valence-electron chi connectivity index (χ0n) is 12.7. The number of amides is 1. The second kappa shape index (κ2) is 6.75. The van der Waals surface area contributed by atoms with Crippen LogP contribution in [0.25, 0.3) is 0 Å². The first kappa shape index (κ1) is 16.5. The van der Waals surface area contributed by atoms with Gasteiger partial charge in [0.15, 0.2) is 0 Å². The predicted octanol–water partition coefficient (Wildman–Crippen LogP) is 2.29. The summed E-state index contributed by atoms with van der Waals surface area (Å²) in [4.78, 5) is 11.7. The van der Waals surface area contributed by atoms with Gasteiger partial charge in [-0.25, -0.2) is 0 Å². The van der Waals surface area contributed by atoms with Crippen LogP contribution < -0.4 is 5.32 Å². The fourth-order valence-corrected chi connectivity index (χ4v) is 2.22. The lowest BCUT2D eigenvalue weighted by molar-refractivity contribution is -0.121. The molecule has 3 N–H and O–H groups in total. The molecule has 1 aromatic carbocycles. The lowest BCUT2D eigenvalue weighted by Crippen LogP contribution is -2.27. The van der Waals surface area contributed by atoms with E-state index in [2.05, 4.69) is 5.32 Å². The Labute approximate surface area is 120 Å². The van der Waals surface area contributed by atoms with Gasteiger partial charge in [0.2, 0.25) is 5.91 Å². The molecule has 0 heterocycles. The zero-order valence-corrected chi connectivity index (χ0v) is 12.7. The first-order chi connectivity index (χ1) is 9.27. The lowest BCUT2D eigenvalue weighted by Gasteiger charge is -2.23. The van der Waals surface area contributed by atoms with Gasteiger partial charge >= 0.3 is 0 Å². The Kier molecular flexibility index (Phi) is 5.57. The quantitative estimate of drug-likeness (QED) is 0.774. The van der Waals surface area contributed by atoms with E-state index in [1.54, 1.807) is 0 Å². The molecule has 1 atom stereocenters. The number of phenols is 1. The second-order valence-corrected chi connectivity index (χ2v) is 6.17. The molecule has 1 unspecified atom stereocenters. The molecule has 0 spiro atoms. The smallest absolute Gasteiger partial charge is 0.220 e. The number of benzene rings is 1. The van der Waals surface area contributed by atoms with Gasteiger partial charge in [0.25, 0.3) is 0 Å². The van der Waals surface area contributed by atoms with Crippen molar-refractivity contribution in [2.24, 2.45) is 0 Å². The molecule has 0 aliphatic carbocycles. The van der Waals surface area contributed by atoms with Crippen LogP contribution in [0.3, 0.4) is 0 Å². The topological polar surface area (TPSA) is 69.6 Å². The van der Waals surface area contributed by atoms with Crippen LogP contribution in [0.1, 0.15) is 51.2 Å². The first-order valence-electron chi connectivity index (χ1n) is 6.97. The van der Waals surface area contributed by atoms with Crippen molar-refractivity contribution in [3.05, 3.63) is 29.3 Å². The Hall–Kier alpha value is -1.55. The molecular weight excluding hydrogens is 254 g/mol. The van der Waals surface area contributed by atoms with E-state index in [-0.39, 0.29) is 36.1 Å². The Morgan fingerprint density at radius 1 is 1.35 bits per heavy atom. The van der Waals surface area contributed by atoms with Crippen molar-refractivity contribution in [1.82, 2.24) is 5.32 Å². The molecule has 1 rings (SSSR count). The molecule has 1 amide bonds. The van der Waals surface area contributed by atoms with E-state index in [9.17, 15) is 9.90 Å². The van der Waals surface area contributed by atoms with Crippen molar-refractivity contribution in [3.8, 4) is 5.75 Å². The fourth-order valence-electron chi connectivity index (χ4n) is 2.22. The number of aliphatic hydroxyl groups excluding tert-OH is 1. The van der Waals surface area contributed by atoms with E-state index < -0.39 is 0 Å². The molecule has 4 nitrogen and oxygen atoms in total. The maximum Gasteiger partial charge on any atom is 0.220 e. The van der Waals surface area contributed by atoms with E-state index in [4.69, 9.17) is 5.11 Å². The average molecular weight is 279 g/mol. The van der Waals surface area contributed by atoms with Crippen LogP contribution in [-0.2, 0) is 10.2 Å². The third-order valence-corrected chi connectivity index (χ3v) is 3.33. The number of nitrogens with one attached hydrogen (secondary N) is 1. The van der Waals surface area contributed by atoms with Crippen molar-refractivity contribution < 1.29 is 15.0 Å². The van der Waals surface area contributed by atoms with Crippen LogP contribution in [-0.4, -0.2) is 29.3 Å². The maximum atomic E-state index is 11.7. The van der Waals surface area contributed by atoms with Gasteiger partial charge in [0.1, 0.15) is 5.75 Å². The summed E-state index contributed by atoms with van der Waals surface area (Å²) in [6, 6.07) is 5.68. The van der Waals surface area contributed by atoms with Gasteiger partial charge in [0, 0.05) is 13.0 Å². The van der Waals surface area contributed by atoms with Crippen molar-refractivity contribution in [3.63, 3.8) is 0 Å². The molecule has 0 aliphatic heterocycles. The third-order valence-electron chi connectivity index (χ3n) is 3.33. The number of rotatable bonds is 5. The predicted molar refractivity (Wildman–Crippen MR) is 79.9 cm³/mol. The van der Waals surface area contributed by atoms with Crippen molar-refractivity contribution >= 4 is 5.91 Å². The maximum absolute atomic E-state index is 11.7. The van der Waals surface area contributed by atoms with Crippen molar-refractivity contribution in [2.75, 3.05) is 13.2 Å². The number of phenolic OH excluding ortho intramolecular Hbond substituents is 1. The summed E-state index contributed by atoms with van der Waals surface area (Å²) in [5.74, 6) is 0.0885. The third kappa shape index (κ3) is 4.23. The van der Waals surface area contributed by atoms with Gasteiger partial charge in [-0.15, -0.1) is 0 Å². The summed E-state index contributed by atoms with van der Waals surface area (Å²) >= 11 is 0. The van der Waals surface area contributed by atoms with Gasteiger partial charge < -0.3 is 15.5 Å². The van der Waals surface area contributed by atoms with Crippen molar-refractivity contribution in [2.45, 2.75) is 45.4 Å². The zero-order chi connectivity index (χ0) is 15.3. The summed E-state index contributed by atoms with van der Waals surface area (Å²) < 4.78 is 0. The number of carbonyl (C=O) groups excluding carboxylic acids is 1. The van der Waals surface area contributed by atoms with Gasteiger partial charge in [-0.05, 0) is 22.5 Å². The van der Waals surface area contributed by atoms with E-state index in [1.165, 1.54) is 0 Å². The van der Waals surface area contributed by atoms with E-state index in [0.717, 1.165) is 11.1 Å². The summed E-state index contributed by atoms with van der Waals surface area (Å²) in [7, 11) is 0. The summed E-state index contributed by atoms with van der Waals surface area (Å²) in [6.45, 7) is 8.25. The molecule has 0 aromatic heterocycles. The second-order valence-electron chi connectivity index (χ2n) is 6.17. The fraction of sp³-hybridized carbons (Fsp3) is 0.562. The molecule has 0 fully saturated rings. The average Bonchev–Trinajstić information content (AvgIpc) is 2.35. The molecule has 0 saturated carbocycles. The van der Waals surface area contributed by atoms with E-state index in [0.29, 0.717) is 6.42 Å². The Morgan fingerprint density at radius 2 is 2.00 bits per heavy atom. The van der Waals surface area contributed by atoms with Crippen molar-refractivity contribution in [1.29, 1.82) is 0 Å². The highest BCUT2D eigenvalue weighted by molar-refractivity contribution is 5.77. The SMILES string of the molecule is CC(CC(=O)NCCO)c1cccc(C(C)(C)C)c1O. The minimum absolute atomic E-state index is 0.0646. The van der Waals surface area contributed by atoms with Crippen LogP contribution in [0.5, 0.6) is 5.75 Å². The molecule has 20 heavy (non-hydrogen) atoms. The van der Waals surface area contributed by atoms with Crippen LogP contribution in [0, 0.1) is 0 Å². The molecule has 0 radical (unpaired) electrons. The molecular formula is C16H25NO3. The van der Waals surface area contributed by atoms with Crippen LogP contribution in [0.2, 0.25) is 0 Å². The summed E-state index contributed by atoms with van der Waals surface area (Å²) in [6.07, 6.45) is 0.293. The molecule has 0 bridgehead atoms. The number of carbonyl (C=O) groups is 1.